The maximum Gasteiger partial charge on any atom is 0.228 e. The van der Waals surface area contributed by atoms with Crippen molar-refractivity contribution in [1.82, 2.24) is 9.88 Å². The SMILES string of the molecule is COc1ccc(CN(C)CCCCc2ccc(NC(=O)Cc3cccc4c(=O)c5cccc(OC)c5[nH]c34)cc2)cc1OC. The number of unbranched alkanes of at least 4 members (excludes halogenated alkanes) is 1. The zero-order valence-electron chi connectivity index (χ0n) is 25.7. The fourth-order valence-electron chi connectivity index (χ4n) is 5.59. The van der Waals surface area contributed by atoms with Gasteiger partial charge in [-0.1, -0.05) is 36.4 Å². The van der Waals surface area contributed by atoms with E-state index in [9.17, 15) is 9.59 Å². The number of aryl methyl sites for hydroxylation is 1. The van der Waals surface area contributed by atoms with Gasteiger partial charge in [0.05, 0.1) is 38.8 Å². The third-order valence-corrected chi connectivity index (χ3v) is 7.88. The number of benzene rings is 4. The van der Waals surface area contributed by atoms with Crippen LogP contribution in [0.3, 0.4) is 0 Å². The van der Waals surface area contributed by atoms with Crippen LogP contribution in [-0.2, 0) is 24.2 Å². The Balaban J connectivity index is 1.13. The van der Waals surface area contributed by atoms with E-state index in [0.717, 1.165) is 55.1 Å². The van der Waals surface area contributed by atoms with Crippen LogP contribution in [0.15, 0.2) is 83.7 Å². The lowest BCUT2D eigenvalue weighted by atomic mass is 10.0. The molecule has 0 unspecified atom stereocenters. The Hall–Kier alpha value is -4.82. The van der Waals surface area contributed by atoms with E-state index in [1.807, 2.05) is 42.5 Å². The first kappa shape index (κ1) is 30.6. The number of aromatic amines is 1. The Morgan fingerprint density at radius 3 is 2.18 bits per heavy atom. The van der Waals surface area contributed by atoms with Crippen molar-refractivity contribution < 1.29 is 19.0 Å². The summed E-state index contributed by atoms with van der Waals surface area (Å²) in [4.78, 5) is 31.8. The molecule has 5 rings (SSSR count). The van der Waals surface area contributed by atoms with E-state index < -0.39 is 0 Å². The number of para-hydroxylation sites is 2. The highest BCUT2D eigenvalue weighted by Crippen LogP contribution is 2.28. The standard InChI is InChI=1S/C36H39N3O5/c1-39(23-25-16-19-30(42-2)32(21-25)44-4)20-6-5-9-24-14-17-27(18-15-24)37-33(40)22-26-10-7-11-28-34(26)38-35-29(36(28)41)12-8-13-31(35)43-3/h7-8,10-19,21H,5-6,9,20,22-23H2,1-4H3,(H,37,40)(H,38,41). The van der Waals surface area contributed by atoms with Gasteiger partial charge >= 0.3 is 0 Å². The van der Waals surface area contributed by atoms with Crippen LogP contribution in [0.2, 0.25) is 0 Å². The molecule has 0 radical (unpaired) electrons. The minimum Gasteiger partial charge on any atom is -0.495 e. The third kappa shape index (κ3) is 7.03. The minimum atomic E-state index is -0.149. The molecule has 8 heteroatoms. The number of methoxy groups -OCH3 is 3. The van der Waals surface area contributed by atoms with Crippen LogP contribution in [0, 0.1) is 0 Å². The Morgan fingerprint density at radius 2 is 1.45 bits per heavy atom. The van der Waals surface area contributed by atoms with Gasteiger partial charge in [0.25, 0.3) is 0 Å². The first-order valence-electron chi connectivity index (χ1n) is 14.8. The molecule has 0 saturated heterocycles. The van der Waals surface area contributed by atoms with Crippen LogP contribution in [0.4, 0.5) is 5.69 Å². The number of rotatable bonds is 13. The third-order valence-electron chi connectivity index (χ3n) is 7.88. The van der Waals surface area contributed by atoms with Gasteiger partial charge in [0.1, 0.15) is 5.75 Å². The molecule has 1 amide bonds. The van der Waals surface area contributed by atoms with E-state index >= 15 is 0 Å². The second kappa shape index (κ2) is 14.1. The van der Waals surface area contributed by atoms with Crippen LogP contribution >= 0.6 is 0 Å². The van der Waals surface area contributed by atoms with E-state index in [1.165, 1.54) is 11.1 Å². The van der Waals surface area contributed by atoms with Crippen molar-refractivity contribution in [2.24, 2.45) is 0 Å². The molecule has 5 aromatic rings. The molecule has 0 fully saturated rings. The van der Waals surface area contributed by atoms with E-state index in [0.29, 0.717) is 27.6 Å². The van der Waals surface area contributed by atoms with Gasteiger partial charge < -0.3 is 29.4 Å². The normalized spacial score (nSPS) is 11.2. The summed E-state index contributed by atoms with van der Waals surface area (Å²) in [6.45, 7) is 1.83. The summed E-state index contributed by atoms with van der Waals surface area (Å²) in [5.74, 6) is 1.92. The number of hydrogen-bond acceptors (Lipinski definition) is 6. The van der Waals surface area contributed by atoms with Crippen molar-refractivity contribution in [2.45, 2.75) is 32.2 Å². The number of carbonyl (C=O) groups is 1. The first-order valence-corrected chi connectivity index (χ1v) is 14.8. The fourth-order valence-corrected chi connectivity index (χ4v) is 5.59. The second-order valence-corrected chi connectivity index (χ2v) is 11.0. The van der Waals surface area contributed by atoms with Crippen molar-refractivity contribution in [3.8, 4) is 17.2 Å². The summed E-state index contributed by atoms with van der Waals surface area (Å²) in [5.41, 5.74) is 5.10. The molecule has 4 aromatic carbocycles. The van der Waals surface area contributed by atoms with Gasteiger partial charge in [-0.15, -0.1) is 0 Å². The zero-order chi connectivity index (χ0) is 31.1. The molecule has 0 aliphatic carbocycles. The molecular weight excluding hydrogens is 554 g/mol. The summed E-state index contributed by atoms with van der Waals surface area (Å²) < 4.78 is 16.2. The predicted octanol–water partition coefficient (Wildman–Crippen LogP) is 6.34. The molecule has 1 aromatic heterocycles. The number of fused-ring (bicyclic) bond motifs is 2. The van der Waals surface area contributed by atoms with Crippen molar-refractivity contribution >= 4 is 33.4 Å². The van der Waals surface area contributed by atoms with Gasteiger partial charge in [0, 0.05) is 23.0 Å². The lowest BCUT2D eigenvalue weighted by molar-refractivity contribution is -0.115. The highest BCUT2D eigenvalue weighted by atomic mass is 16.5. The van der Waals surface area contributed by atoms with E-state index in [4.69, 9.17) is 14.2 Å². The first-order chi connectivity index (χ1) is 21.4. The molecule has 0 saturated carbocycles. The zero-order valence-corrected chi connectivity index (χ0v) is 25.7. The van der Waals surface area contributed by atoms with E-state index in [-0.39, 0.29) is 17.8 Å². The molecule has 1 heterocycles. The average Bonchev–Trinajstić information content (AvgIpc) is 3.04. The number of amides is 1. The highest BCUT2D eigenvalue weighted by Gasteiger charge is 2.14. The van der Waals surface area contributed by atoms with E-state index in [2.05, 4.69) is 40.4 Å². The number of nitrogens with zero attached hydrogens (tertiary/aromatic N) is 1. The quantitative estimate of drug-likeness (QED) is 0.122. The van der Waals surface area contributed by atoms with E-state index in [1.54, 1.807) is 39.5 Å². The minimum absolute atomic E-state index is 0.0879. The Bertz CT molecular complexity index is 1810. The maximum atomic E-state index is 13.2. The molecule has 0 spiro atoms. The number of nitrogens with one attached hydrogen (secondary N) is 2. The van der Waals surface area contributed by atoms with Crippen LogP contribution < -0.4 is 25.0 Å². The molecule has 2 N–H and O–H groups in total. The summed E-state index contributed by atoms with van der Waals surface area (Å²) in [6, 6.07) is 24.9. The largest absolute Gasteiger partial charge is 0.495 e. The molecule has 0 aliphatic rings. The lowest BCUT2D eigenvalue weighted by Crippen LogP contribution is -2.19. The van der Waals surface area contributed by atoms with Crippen LogP contribution in [0.25, 0.3) is 21.8 Å². The van der Waals surface area contributed by atoms with Gasteiger partial charge in [0.15, 0.2) is 16.9 Å². The van der Waals surface area contributed by atoms with Crippen molar-refractivity contribution in [3.05, 3.63) is 106 Å². The number of hydrogen-bond donors (Lipinski definition) is 2. The smallest absolute Gasteiger partial charge is 0.228 e. The number of carbonyl (C=O) groups excluding carboxylic acids is 1. The van der Waals surface area contributed by atoms with Gasteiger partial charge in [-0.25, -0.2) is 0 Å². The number of H-pyrrole nitrogens is 1. The monoisotopic (exact) mass is 593 g/mol. The van der Waals surface area contributed by atoms with Gasteiger partial charge in [-0.05, 0) is 92.0 Å². The molecule has 0 atom stereocenters. The van der Waals surface area contributed by atoms with Crippen LogP contribution in [0.5, 0.6) is 17.2 Å². The van der Waals surface area contributed by atoms with Crippen molar-refractivity contribution in [1.29, 1.82) is 0 Å². The molecule has 228 valence electrons. The Kier molecular flexibility index (Phi) is 9.82. The Labute approximate surface area is 257 Å². The average molecular weight is 594 g/mol. The van der Waals surface area contributed by atoms with Gasteiger partial charge in [-0.2, -0.15) is 0 Å². The highest BCUT2D eigenvalue weighted by molar-refractivity contribution is 5.99. The van der Waals surface area contributed by atoms with Crippen LogP contribution in [-0.4, -0.2) is 50.7 Å². The lowest BCUT2D eigenvalue weighted by Gasteiger charge is -2.18. The molecular formula is C36H39N3O5. The summed E-state index contributed by atoms with van der Waals surface area (Å²) in [5, 5.41) is 4.10. The number of anilines is 1. The second-order valence-electron chi connectivity index (χ2n) is 11.0. The molecule has 0 bridgehead atoms. The molecule has 0 aliphatic heterocycles. The summed E-state index contributed by atoms with van der Waals surface area (Å²) in [6.07, 6.45) is 3.25. The number of ether oxygens (including phenoxy) is 3. The predicted molar refractivity (Wildman–Crippen MR) is 176 cm³/mol. The van der Waals surface area contributed by atoms with Gasteiger partial charge in [-0.3, -0.25) is 9.59 Å². The van der Waals surface area contributed by atoms with Crippen LogP contribution in [0.1, 0.15) is 29.5 Å². The molecule has 44 heavy (non-hydrogen) atoms. The number of pyridine rings is 1. The van der Waals surface area contributed by atoms with Crippen molar-refractivity contribution in [2.75, 3.05) is 40.2 Å². The fraction of sp³-hybridized carbons (Fsp3) is 0.278. The molecule has 8 nitrogen and oxygen atoms in total. The maximum absolute atomic E-state index is 13.2. The number of aromatic nitrogens is 1. The topological polar surface area (TPSA) is 92.9 Å². The summed E-state index contributed by atoms with van der Waals surface area (Å²) in [7, 11) is 7.00. The summed E-state index contributed by atoms with van der Waals surface area (Å²) >= 11 is 0. The Morgan fingerprint density at radius 1 is 0.773 bits per heavy atom. The van der Waals surface area contributed by atoms with Crippen molar-refractivity contribution in [3.63, 3.8) is 0 Å². The van der Waals surface area contributed by atoms with Gasteiger partial charge in [0.2, 0.25) is 5.91 Å².